The molecule has 0 aromatic rings. The largest absolute Gasteiger partial charge is 0.480 e. The Morgan fingerprint density at radius 3 is 2.11 bits per heavy atom. The van der Waals surface area contributed by atoms with Gasteiger partial charge in [-0.3, -0.25) is 4.79 Å². The standard InChI is InChI=1S/C11H21N3O5/c1-6(2)4-12-8(16)5-13-11(19)14-9(7(3)15)10(17)18/h6-7,9,15H,4-5H2,1-3H3,(H,12,16)(H,17,18)(H2,13,14,19). The second-order valence-corrected chi connectivity index (χ2v) is 4.58. The summed E-state index contributed by atoms with van der Waals surface area (Å²) in [5, 5.41) is 24.7. The third-order valence-electron chi connectivity index (χ3n) is 2.15. The van der Waals surface area contributed by atoms with E-state index in [9.17, 15) is 14.4 Å². The summed E-state index contributed by atoms with van der Waals surface area (Å²) in [6.45, 7) is 5.34. The van der Waals surface area contributed by atoms with E-state index in [4.69, 9.17) is 10.2 Å². The highest BCUT2D eigenvalue weighted by atomic mass is 16.4. The molecule has 0 spiro atoms. The van der Waals surface area contributed by atoms with Crippen LogP contribution in [0.15, 0.2) is 0 Å². The van der Waals surface area contributed by atoms with Gasteiger partial charge in [-0.25, -0.2) is 9.59 Å². The van der Waals surface area contributed by atoms with Crippen molar-refractivity contribution >= 4 is 17.9 Å². The average molecular weight is 275 g/mol. The Kier molecular flexibility index (Phi) is 7.50. The smallest absolute Gasteiger partial charge is 0.328 e. The lowest BCUT2D eigenvalue weighted by atomic mass is 10.2. The molecule has 0 aromatic carbocycles. The second kappa shape index (κ2) is 8.30. The number of carbonyl (C=O) groups excluding carboxylic acids is 2. The van der Waals surface area contributed by atoms with E-state index in [2.05, 4.69) is 16.0 Å². The van der Waals surface area contributed by atoms with Gasteiger partial charge in [-0.05, 0) is 12.8 Å². The first-order valence-electron chi connectivity index (χ1n) is 5.96. The van der Waals surface area contributed by atoms with Crippen molar-refractivity contribution in [2.45, 2.75) is 32.9 Å². The lowest BCUT2D eigenvalue weighted by Gasteiger charge is -2.17. The minimum Gasteiger partial charge on any atom is -0.480 e. The van der Waals surface area contributed by atoms with Crippen LogP contribution in [0.1, 0.15) is 20.8 Å². The van der Waals surface area contributed by atoms with Gasteiger partial charge in [0.15, 0.2) is 6.04 Å². The van der Waals surface area contributed by atoms with E-state index in [1.165, 1.54) is 6.92 Å². The van der Waals surface area contributed by atoms with Crippen molar-refractivity contribution in [3.63, 3.8) is 0 Å². The number of aliphatic hydroxyl groups excluding tert-OH is 1. The van der Waals surface area contributed by atoms with Crippen LogP contribution in [-0.4, -0.2) is 53.4 Å². The molecule has 0 aromatic heterocycles. The van der Waals surface area contributed by atoms with Crippen LogP contribution >= 0.6 is 0 Å². The molecule has 2 unspecified atom stereocenters. The Morgan fingerprint density at radius 2 is 1.68 bits per heavy atom. The monoisotopic (exact) mass is 275 g/mol. The van der Waals surface area contributed by atoms with Crippen LogP contribution in [0.5, 0.6) is 0 Å². The van der Waals surface area contributed by atoms with Gasteiger partial charge < -0.3 is 26.2 Å². The summed E-state index contributed by atoms with van der Waals surface area (Å²) in [7, 11) is 0. The van der Waals surface area contributed by atoms with E-state index >= 15 is 0 Å². The van der Waals surface area contributed by atoms with Crippen molar-refractivity contribution in [1.82, 2.24) is 16.0 Å². The van der Waals surface area contributed by atoms with Gasteiger partial charge in [0.2, 0.25) is 5.91 Å². The first kappa shape index (κ1) is 17.2. The van der Waals surface area contributed by atoms with E-state index in [0.717, 1.165) is 0 Å². The highest BCUT2D eigenvalue weighted by Gasteiger charge is 2.24. The molecule has 5 N–H and O–H groups in total. The molecule has 0 radical (unpaired) electrons. The molecule has 0 heterocycles. The highest BCUT2D eigenvalue weighted by Crippen LogP contribution is 1.92. The molecule has 0 saturated heterocycles. The van der Waals surface area contributed by atoms with E-state index in [0.29, 0.717) is 12.5 Å². The van der Waals surface area contributed by atoms with Crippen LogP contribution < -0.4 is 16.0 Å². The zero-order chi connectivity index (χ0) is 15.0. The van der Waals surface area contributed by atoms with Crippen LogP contribution in [-0.2, 0) is 9.59 Å². The fourth-order valence-corrected chi connectivity index (χ4v) is 1.12. The number of carboxylic acids is 1. The summed E-state index contributed by atoms with van der Waals surface area (Å²) in [6, 6.07) is -2.24. The number of hydrogen-bond donors (Lipinski definition) is 5. The number of nitrogens with one attached hydrogen (secondary N) is 3. The summed E-state index contributed by atoms with van der Waals surface area (Å²) in [5.41, 5.74) is 0. The number of carbonyl (C=O) groups is 3. The molecule has 8 heteroatoms. The van der Waals surface area contributed by atoms with Gasteiger partial charge in [-0.1, -0.05) is 13.8 Å². The maximum atomic E-state index is 11.3. The van der Waals surface area contributed by atoms with Gasteiger partial charge in [0.05, 0.1) is 12.6 Å². The molecule has 0 rings (SSSR count). The van der Waals surface area contributed by atoms with Gasteiger partial charge in [0.25, 0.3) is 0 Å². The van der Waals surface area contributed by atoms with Gasteiger partial charge >= 0.3 is 12.0 Å². The summed E-state index contributed by atoms with van der Waals surface area (Å²) >= 11 is 0. The van der Waals surface area contributed by atoms with E-state index < -0.39 is 24.1 Å². The van der Waals surface area contributed by atoms with Crippen LogP contribution in [0, 0.1) is 5.92 Å². The highest BCUT2D eigenvalue weighted by molar-refractivity contribution is 5.86. The molecular weight excluding hydrogens is 254 g/mol. The van der Waals surface area contributed by atoms with Gasteiger partial charge in [0, 0.05) is 6.54 Å². The Morgan fingerprint density at radius 1 is 1.11 bits per heavy atom. The second-order valence-electron chi connectivity index (χ2n) is 4.58. The fraction of sp³-hybridized carbons (Fsp3) is 0.727. The van der Waals surface area contributed by atoms with E-state index in [1.54, 1.807) is 0 Å². The lowest BCUT2D eigenvalue weighted by Crippen LogP contribution is -2.52. The molecule has 0 bridgehead atoms. The molecule has 8 nitrogen and oxygen atoms in total. The number of hydrogen-bond acceptors (Lipinski definition) is 4. The predicted molar refractivity (Wildman–Crippen MR) is 67.5 cm³/mol. The molecule has 110 valence electrons. The number of aliphatic hydroxyl groups is 1. The molecule has 2 atom stereocenters. The number of aliphatic carboxylic acids is 1. The van der Waals surface area contributed by atoms with Crippen LogP contribution in [0.2, 0.25) is 0 Å². The number of urea groups is 1. The molecule has 0 aliphatic heterocycles. The summed E-state index contributed by atoms with van der Waals surface area (Å²) in [5.74, 6) is -1.42. The fourth-order valence-electron chi connectivity index (χ4n) is 1.12. The molecular formula is C11H21N3O5. The zero-order valence-corrected chi connectivity index (χ0v) is 11.3. The third kappa shape index (κ3) is 7.98. The van der Waals surface area contributed by atoms with Crippen molar-refractivity contribution in [2.24, 2.45) is 5.92 Å². The molecule has 19 heavy (non-hydrogen) atoms. The SMILES string of the molecule is CC(C)CNC(=O)CNC(=O)NC(C(=O)O)C(C)O. The van der Waals surface area contributed by atoms with Gasteiger partial charge in [0.1, 0.15) is 0 Å². The molecule has 3 amide bonds. The van der Waals surface area contributed by atoms with Crippen molar-refractivity contribution in [2.75, 3.05) is 13.1 Å². The van der Waals surface area contributed by atoms with Gasteiger partial charge in [-0.2, -0.15) is 0 Å². The first-order chi connectivity index (χ1) is 8.73. The predicted octanol–water partition coefficient (Wildman–Crippen LogP) is -1.11. The van der Waals surface area contributed by atoms with Crippen molar-refractivity contribution < 1.29 is 24.6 Å². The third-order valence-corrected chi connectivity index (χ3v) is 2.15. The maximum Gasteiger partial charge on any atom is 0.328 e. The summed E-state index contributed by atoms with van der Waals surface area (Å²) in [4.78, 5) is 33.3. The van der Waals surface area contributed by atoms with Crippen LogP contribution in [0.25, 0.3) is 0 Å². The minimum atomic E-state index is -1.42. The maximum absolute atomic E-state index is 11.3. The summed E-state index contributed by atoms with van der Waals surface area (Å²) < 4.78 is 0. The van der Waals surface area contributed by atoms with Crippen molar-refractivity contribution in [3.05, 3.63) is 0 Å². The van der Waals surface area contributed by atoms with Gasteiger partial charge in [-0.15, -0.1) is 0 Å². The Bertz CT molecular complexity index is 330. The average Bonchev–Trinajstić information content (AvgIpc) is 2.29. The zero-order valence-electron chi connectivity index (χ0n) is 11.3. The first-order valence-corrected chi connectivity index (χ1v) is 5.96. The van der Waals surface area contributed by atoms with Crippen molar-refractivity contribution in [3.8, 4) is 0 Å². The minimum absolute atomic E-state index is 0.259. The molecule has 0 aliphatic carbocycles. The van der Waals surface area contributed by atoms with Crippen molar-refractivity contribution in [1.29, 1.82) is 0 Å². The topological polar surface area (TPSA) is 128 Å². The molecule has 0 aliphatic rings. The molecule has 0 saturated carbocycles. The Labute approximate surface area is 111 Å². The molecule has 0 fully saturated rings. The number of amides is 3. The quantitative estimate of drug-likeness (QED) is 0.402. The number of rotatable bonds is 7. The number of carboxylic acid groups (broad SMARTS) is 1. The normalized spacial score (nSPS) is 13.5. The Hall–Kier alpha value is -1.83. The van der Waals surface area contributed by atoms with E-state index in [-0.39, 0.29) is 12.5 Å². The van der Waals surface area contributed by atoms with Crippen LogP contribution in [0.3, 0.4) is 0 Å². The summed E-state index contributed by atoms with van der Waals surface area (Å²) in [6.07, 6.45) is -1.24. The van der Waals surface area contributed by atoms with Crippen LogP contribution in [0.4, 0.5) is 4.79 Å². The Balaban J connectivity index is 4.04. The van der Waals surface area contributed by atoms with E-state index in [1.807, 2.05) is 13.8 Å². The lowest BCUT2D eigenvalue weighted by molar-refractivity contribution is -0.141.